The van der Waals surface area contributed by atoms with Gasteiger partial charge in [0.15, 0.2) is 5.75 Å². The second kappa shape index (κ2) is 6.49. The molecule has 0 aliphatic heterocycles. The zero-order valence-corrected chi connectivity index (χ0v) is 12.1. The lowest BCUT2D eigenvalue weighted by molar-refractivity contribution is -0.385. The normalized spacial score (nSPS) is 12.1. The Morgan fingerprint density at radius 2 is 2.25 bits per heavy atom. The lowest BCUT2D eigenvalue weighted by atomic mass is 10.1. The summed E-state index contributed by atoms with van der Waals surface area (Å²) < 4.78 is 4.99. The number of methoxy groups -OCH3 is 1. The van der Waals surface area contributed by atoms with Crippen LogP contribution in [0.15, 0.2) is 35.7 Å². The predicted molar refractivity (Wildman–Crippen MR) is 79.2 cm³/mol. The van der Waals surface area contributed by atoms with Crippen LogP contribution in [-0.4, -0.2) is 12.0 Å². The van der Waals surface area contributed by atoms with Gasteiger partial charge in [-0.15, -0.1) is 11.3 Å². The molecule has 0 radical (unpaired) electrons. The number of ether oxygens (including phenoxy) is 1. The highest BCUT2D eigenvalue weighted by Gasteiger charge is 2.15. The summed E-state index contributed by atoms with van der Waals surface area (Å²) in [6, 6.07) is 9.31. The van der Waals surface area contributed by atoms with E-state index in [9.17, 15) is 10.1 Å². The molecule has 6 heteroatoms. The van der Waals surface area contributed by atoms with Gasteiger partial charge in [-0.05, 0) is 30.0 Å². The SMILES string of the molecule is COc1ccc(CNC(C)c2cccs2)cc1[N+](=O)[O-]. The van der Waals surface area contributed by atoms with Crippen molar-refractivity contribution in [2.24, 2.45) is 0 Å². The van der Waals surface area contributed by atoms with Crippen molar-refractivity contribution in [2.75, 3.05) is 7.11 Å². The Balaban J connectivity index is 2.06. The average Bonchev–Trinajstić information content (AvgIpc) is 2.98. The van der Waals surface area contributed by atoms with Gasteiger partial charge < -0.3 is 10.1 Å². The third-order valence-electron chi connectivity index (χ3n) is 3.02. The number of hydrogen-bond acceptors (Lipinski definition) is 5. The average molecular weight is 292 g/mol. The molecule has 0 aliphatic carbocycles. The molecule has 1 atom stereocenters. The van der Waals surface area contributed by atoms with E-state index in [1.54, 1.807) is 23.5 Å². The molecule has 1 aromatic heterocycles. The smallest absolute Gasteiger partial charge is 0.311 e. The van der Waals surface area contributed by atoms with Crippen LogP contribution in [0.1, 0.15) is 23.4 Å². The van der Waals surface area contributed by atoms with Crippen LogP contribution in [0.25, 0.3) is 0 Å². The summed E-state index contributed by atoms with van der Waals surface area (Å²) in [6.45, 7) is 2.65. The van der Waals surface area contributed by atoms with Crippen molar-refractivity contribution in [1.29, 1.82) is 0 Å². The van der Waals surface area contributed by atoms with Gasteiger partial charge in [-0.25, -0.2) is 0 Å². The van der Waals surface area contributed by atoms with Crippen LogP contribution in [0, 0.1) is 10.1 Å². The van der Waals surface area contributed by atoms with Crippen molar-refractivity contribution in [3.05, 3.63) is 56.3 Å². The first kappa shape index (κ1) is 14.5. The molecule has 0 bridgehead atoms. The Labute approximate surface area is 121 Å². The van der Waals surface area contributed by atoms with Crippen LogP contribution in [0.4, 0.5) is 5.69 Å². The number of nitrogens with one attached hydrogen (secondary N) is 1. The molecule has 0 saturated heterocycles. The first-order valence-corrected chi connectivity index (χ1v) is 7.08. The quantitative estimate of drug-likeness (QED) is 0.653. The fourth-order valence-corrected chi connectivity index (χ4v) is 2.66. The molecule has 20 heavy (non-hydrogen) atoms. The van der Waals surface area contributed by atoms with Gasteiger partial charge in [0, 0.05) is 23.5 Å². The second-order valence-electron chi connectivity index (χ2n) is 4.38. The zero-order valence-electron chi connectivity index (χ0n) is 11.3. The third kappa shape index (κ3) is 3.34. The summed E-state index contributed by atoms with van der Waals surface area (Å²) in [6.07, 6.45) is 0. The van der Waals surface area contributed by atoms with Crippen LogP contribution in [0.3, 0.4) is 0 Å². The molecule has 0 fully saturated rings. The van der Waals surface area contributed by atoms with Crippen LogP contribution < -0.4 is 10.1 Å². The Hall–Kier alpha value is -1.92. The second-order valence-corrected chi connectivity index (χ2v) is 5.36. The number of nitro benzene ring substituents is 1. The summed E-state index contributed by atoms with van der Waals surface area (Å²) in [5.74, 6) is 0.282. The summed E-state index contributed by atoms with van der Waals surface area (Å²) in [4.78, 5) is 11.8. The highest BCUT2D eigenvalue weighted by atomic mass is 32.1. The van der Waals surface area contributed by atoms with Crippen LogP contribution in [0.5, 0.6) is 5.75 Å². The fraction of sp³-hybridized carbons (Fsp3) is 0.286. The van der Waals surface area contributed by atoms with Gasteiger partial charge in [-0.1, -0.05) is 12.1 Å². The van der Waals surface area contributed by atoms with Crippen molar-refractivity contribution in [2.45, 2.75) is 19.5 Å². The molecule has 0 aliphatic rings. The molecule has 1 N–H and O–H groups in total. The van der Waals surface area contributed by atoms with E-state index >= 15 is 0 Å². The molecule has 106 valence electrons. The minimum Gasteiger partial charge on any atom is -0.490 e. The largest absolute Gasteiger partial charge is 0.490 e. The van der Waals surface area contributed by atoms with E-state index in [0.717, 1.165) is 5.56 Å². The minimum absolute atomic E-state index is 0.00410. The van der Waals surface area contributed by atoms with E-state index in [-0.39, 0.29) is 17.5 Å². The first-order chi connectivity index (χ1) is 9.61. The van der Waals surface area contributed by atoms with Crippen LogP contribution in [0.2, 0.25) is 0 Å². The van der Waals surface area contributed by atoms with Crippen molar-refractivity contribution in [3.63, 3.8) is 0 Å². The summed E-state index contributed by atoms with van der Waals surface area (Å²) >= 11 is 1.69. The predicted octanol–water partition coefficient (Wildman–Crippen LogP) is 3.52. The monoisotopic (exact) mass is 292 g/mol. The standard InChI is InChI=1S/C14H16N2O3S/c1-10(14-4-3-7-20-14)15-9-11-5-6-13(19-2)12(8-11)16(17)18/h3-8,10,15H,9H2,1-2H3. The van der Waals surface area contributed by atoms with E-state index in [0.29, 0.717) is 6.54 Å². The number of nitro groups is 1. The van der Waals surface area contributed by atoms with Gasteiger partial charge in [0.25, 0.3) is 0 Å². The Morgan fingerprint density at radius 1 is 1.45 bits per heavy atom. The van der Waals surface area contributed by atoms with Crippen molar-refractivity contribution in [1.82, 2.24) is 5.32 Å². The molecular formula is C14H16N2O3S. The van der Waals surface area contributed by atoms with E-state index in [1.165, 1.54) is 12.0 Å². The fourth-order valence-electron chi connectivity index (χ4n) is 1.90. The highest BCUT2D eigenvalue weighted by Crippen LogP contribution is 2.27. The molecule has 1 aromatic carbocycles. The van der Waals surface area contributed by atoms with E-state index in [2.05, 4.69) is 18.3 Å². The van der Waals surface area contributed by atoms with Crippen LogP contribution >= 0.6 is 11.3 Å². The summed E-state index contributed by atoms with van der Waals surface area (Å²) in [5, 5.41) is 16.3. The van der Waals surface area contributed by atoms with Gasteiger partial charge in [0.2, 0.25) is 0 Å². The van der Waals surface area contributed by atoms with E-state index in [4.69, 9.17) is 4.74 Å². The maximum atomic E-state index is 11.0. The molecule has 1 unspecified atom stereocenters. The molecular weight excluding hydrogens is 276 g/mol. The molecule has 0 amide bonds. The molecule has 5 nitrogen and oxygen atoms in total. The topological polar surface area (TPSA) is 64.4 Å². The maximum Gasteiger partial charge on any atom is 0.311 e. The molecule has 2 aromatic rings. The molecule has 0 spiro atoms. The number of thiophene rings is 1. The molecule has 2 rings (SSSR count). The van der Waals surface area contributed by atoms with Crippen molar-refractivity contribution < 1.29 is 9.66 Å². The van der Waals surface area contributed by atoms with E-state index in [1.807, 2.05) is 17.5 Å². The van der Waals surface area contributed by atoms with Gasteiger partial charge in [-0.3, -0.25) is 10.1 Å². The third-order valence-corrected chi connectivity index (χ3v) is 4.08. The number of rotatable bonds is 6. The van der Waals surface area contributed by atoms with Gasteiger partial charge in [0.05, 0.1) is 12.0 Å². The van der Waals surface area contributed by atoms with Crippen LogP contribution in [-0.2, 0) is 6.54 Å². The summed E-state index contributed by atoms with van der Waals surface area (Å²) in [5.41, 5.74) is 0.858. The zero-order chi connectivity index (χ0) is 14.5. The molecule has 0 saturated carbocycles. The highest BCUT2D eigenvalue weighted by molar-refractivity contribution is 7.10. The van der Waals surface area contributed by atoms with Gasteiger partial charge in [0.1, 0.15) is 0 Å². The minimum atomic E-state index is -0.426. The Kier molecular flexibility index (Phi) is 4.70. The number of hydrogen-bond donors (Lipinski definition) is 1. The number of nitrogens with zero attached hydrogens (tertiary/aromatic N) is 1. The molecule has 1 heterocycles. The van der Waals surface area contributed by atoms with Crippen molar-refractivity contribution >= 4 is 17.0 Å². The lowest BCUT2D eigenvalue weighted by Crippen LogP contribution is -2.17. The summed E-state index contributed by atoms with van der Waals surface area (Å²) in [7, 11) is 1.43. The first-order valence-electron chi connectivity index (χ1n) is 6.20. The Bertz CT molecular complexity index is 584. The number of benzene rings is 1. The van der Waals surface area contributed by atoms with Gasteiger partial charge >= 0.3 is 5.69 Å². The maximum absolute atomic E-state index is 11.0. The Morgan fingerprint density at radius 3 is 2.85 bits per heavy atom. The van der Waals surface area contributed by atoms with Gasteiger partial charge in [-0.2, -0.15) is 0 Å². The van der Waals surface area contributed by atoms with Crippen molar-refractivity contribution in [3.8, 4) is 5.75 Å². The lowest BCUT2D eigenvalue weighted by Gasteiger charge is -2.12. The van der Waals surface area contributed by atoms with E-state index < -0.39 is 4.92 Å².